The molecule has 0 saturated heterocycles. The van der Waals surface area contributed by atoms with Crippen LogP contribution in [0.4, 0.5) is 0 Å². The lowest BCUT2D eigenvalue weighted by molar-refractivity contribution is 0.413. The van der Waals surface area contributed by atoms with Crippen molar-refractivity contribution in [1.29, 1.82) is 0 Å². The predicted molar refractivity (Wildman–Crippen MR) is 103 cm³/mol. The third kappa shape index (κ3) is 4.42. The van der Waals surface area contributed by atoms with Crippen molar-refractivity contribution in [3.63, 3.8) is 0 Å². The van der Waals surface area contributed by atoms with Gasteiger partial charge in [0.05, 0.1) is 28.3 Å². The van der Waals surface area contributed by atoms with E-state index >= 15 is 0 Å². The van der Waals surface area contributed by atoms with E-state index in [1.54, 1.807) is 24.6 Å². The summed E-state index contributed by atoms with van der Waals surface area (Å²) < 4.78 is 6.34. The largest absolute Gasteiger partial charge is 0.495 e. The van der Waals surface area contributed by atoms with Crippen molar-refractivity contribution in [3.05, 3.63) is 63.3 Å². The molecule has 0 saturated carbocycles. The zero-order valence-corrected chi connectivity index (χ0v) is 16.1. The highest BCUT2D eigenvalue weighted by atomic mass is 79.9. The van der Waals surface area contributed by atoms with E-state index in [0.717, 1.165) is 33.5 Å². The van der Waals surface area contributed by atoms with Gasteiger partial charge in [-0.15, -0.1) is 11.3 Å². The van der Waals surface area contributed by atoms with Crippen molar-refractivity contribution in [1.82, 2.24) is 9.97 Å². The van der Waals surface area contributed by atoms with E-state index in [1.165, 1.54) is 10.6 Å². The number of aromatic nitrogens is 2. The molecule has 1 aromatic carbocycles. The fourth-order valence-corrected chi connectivity index (χ4v) is 4.14. The summed E-state index contributed by atoms with van der Waals surface area (Å²) in [7, 11) is 1.66. The summed E-state index contributed by atoms with van der Waals surface area (Å²) in [5.74, 6) is 1.34. The maximum atomic E-state index is 5.24. The third-order valence-corrected chi connectivity index (χ3v) is 5.37. The first-order valence-corrected chi connectivity index (χ1v) is 9.43. The molecule has 0 radical (unpaired) electrons. The van der Waals surface area contributed by atoms with Gasteiger partial charge in [-0.25, -0.2) is 4.98 Å². The van der Waals surface area contributed by atoms with E-state index in [4.69, 9.17) is 4.74 Å². The number of pyridine rings is 1. The number of methoxy groups -OCH3 is 1. The summed E-state index contributed by atoms with van der Waals surface area (Å²) in [4.78, 5) is 8.64. The summed E-state index contributed by atoms with van der Waals surface area (Å²) in [5, 5.41) is 1.19. The number of ether oxygens (including phenoxy) is 1. The van der Waals surface area contributed by atoms with E-state index < -0.39 is 0 Å². The number of hydrogen-bond donors (Lipinski definition) is 0. The van der Waals surface area contributed by atoms with Crippen molar-refractivity contribution in [2.75, 3.05) is 7.11 Å². The second kappa shape index (κ2) is 7.90. The summed E-state index contributed by atoms with van der Waals surface area (Å²) in [6, 6.07) is 10.7. The van der Waals surface area contributed by atoms with E-state index in [9.17, 15) is 0 Å². The van der Waals surface area contributed by atoms with Gasteiger partial charge in [0.25, 0.3) is 0 Å². The van der Waals surface area contributed by atoms with Crippen LogP contribution in [-0.2, 0) is 12.8 Å². The van der Waals surface area contributed by atoms with Crippen molar-refractivity contribution >= 4 is 27.3 Å². The molecule has 124 valence electrons. The zero-order valence-electron chi connectivity index (χ0n) is 13.7. The Kier molecular flexibility index (Phi) is 5.63. The standard InChI is InChI=1S/C19H19BrN2OS/c1-13(8-19-22-12-18(20)24-19)7-14-3-5-15(6-4-14)16-9-17(23-2)11-21-10-16/h3-6,9-13H,7-8H2,1-2H3. The van der Waals surface area contributed by atoms with Gasteiger partial charge in [0.15, 0.2) is 0 Å². The van der Waals surface area contributed by atoms with Gasteiger partial charge in [0.2, 0.25) is 0 Å². The molecular formula is C19H19BrN2OS. The number of halogens is 1. The molecule has 3 rings (SSSR count). The lowest BCUT2D eigenvalue weighted by atomic mass is 9.96. The highest BCUT2D eigenvalue weighted by Gasteiger charge is 2.09. The first-order chi connectivity index (χ1) is 11.6. The van der Waals surface area contributed by atoms with Crippen LogP contribution in [0.3, 0.4) is 0 Å². The van der Waals surface area contributed by atoms with Gasteiger partial charge in [0.1, 0.15) is 5.75 Å². The molecule has 0 bridgehead atoms. The average Bonchev–Trinajstić information content (AvgIpc) is 3.00. The molecule has 5 heteroatoms. The topological polar surface area (TPSA) is 35.0 Å². The van der Waals surface area contributed by atoms with Crippen LogP contribution in [0.15, 0.2) is 52.7 Å². The van der Waals surface area contributed by atoms with Crippen LogP contribution in [0.25, 0.3) is 11.1 Å². The molecule has 3 aromatic rings. The van der Waals surface area contributed by atoms with E-state index in [0.29, 0.717) is 5.92 Å². The molecular weight excluding hydrogens is 384 g/mol. The highest BCUT2D eigenvalue weighted by Crippen LogP contribution is 2.25. The Hall–Kier alpha value is -1.72. The van der Waals surface area contributed by atoms with Crippen molar-refractivity contribution < 1.29 is 4.74 Å². The molecule has 2 heterocycles. The molecule has 0 aliphatic carbocycles. The lowest BCUT2D eigenvalue weighted by Gasteiger charge is -2.10. The molecule has 1 atom stereocenters. The number of rotatable bonds is 6. The molecule has 0 fully saturated rings. The predicted octanol–water partition coefficient (Wildman–Crippen LogP) is 5.40. The highest BCUT2D eigenvalue weighted by molar-refractivity contribution is 9.11. The van der Waals surface area contributed by atoms with Gasteiger partial charge in [-0.1, -0.05) is 31.2 Å². The second-order valence-electron chi connectivity index (χ2n) is 5.88. The summed E-state index contributed by atoms with van der Waals surface area (Å²) in [6.45, 7) is 2.27. The zero-order chi connectivity index (χ0) is 16.9. The quantitative estimate of drug-likeness (QED) is 0.553. The summed E-state index contributed by atoms with van der Waals surface area (Å²) in [6.07, 6.45) is 7.52. The first kappa shape index (κ1) is 17.1. The smallest absolute Gasteiger partial charge is 0.137 e. The van der Waals surface area contributed by atoms with E-state index in [1.807, 2.05) is 18.5 Å². The Balaban J connectivity index is 1.65. The molecule has 0 amide bonds. The Morgan fingerprint density at radius 3 is 2.54 bits per heavy atom. The van der Waals surface area contributed by atoms with Crippen LogP contribution < -0.4 is 4.74 Å². The molecule has 0 aliphatic heterocycles. The molecule has 2 aromatic heterocycles. The Labute approximate surface area is 154 Å². The summed E-state index contributed by atoms with van der Waals surface area (Å²) in [5.41, 5.74) is 3.57. The maximum Gasteiger partial charge on any atom is 0.137 e. The van der Waals surface area contributed by atoms with Crippen LogP contribution in [0.1, 0.15) is 17.5 Å². The first-order valence-electron chi connectivity index (χ1n) is 7.82. The van der Waals surface area contributed by atoms with Gasteiger partial charge < -0.3 is 4.74 Å². The Morgan fingerprint density at radius 1 is 1.08 bits per heavy atom. The van der Waals surface area contributed by atoms with Crippen molar-refractivity contribution in [2.45, 2.75) is 19.8 Å². The fourth-order valence-electron chi connectivity index (χ4n) is 2.68. The normalized spacial score (nSPS) is 12.1. The second-order valence-corrected chi connectivity index (χ2v) is 8.38. The van der Waals surface area contributed by atoms with Crippen LogP contribution >= 0.6 is 27.3 Å². The van der Waals surface area contributed by atoms with Crippen molar-refractivity contribution in [3.8, 4) is 16.9 Å². The minimum Gasteiger partial charge on any atom is -0.495 e. The van der Waals surface area contributed by atoms with Crippen LogP contribution in [-0.4, -0.2) is 17.1 Å². The number of thiazole rings is 1. The van der Waals surface area contributed by atoms with Gasteiger partial charge in [-0.3, -0.25) is 4.98 Å². The van der Waals surface area contributed by atoms with Gasteiger partial charge >= 0.3 is 0 Å². The molecule has 0 spiro atoms. The minimum atomic E-state index is 0.562. The Bertz CT molecular complexity index is 801. The van der Waals surface area contributed by atoms with E-state index in [2.05, 4.69) is 57.1 Å². The fraction of sp³-hybridized carbons (Fsp3) is 0.263. The molecule has 0 aliphatic rings. The average molecular weight is 403 g/mol. The molecule has 1 unspecified atom stereocenters. The molecule has 0 N–H and O–H groups in total. The maximum absolute atomic E-state index is 5.24. The number of nitrogens with zero attached hydrogens (tertiary/aromatic N) is 2. The lowest BCUT2D eigenvalue weighted by Crippen LogP contribution is -2.03. The van der Waals surface area contributed by atoms with Gasteiger partial charge in [-0.05, 0) is 45.5 Å². The van der Waals surface area contributed by atoms with Crippen molar-refractivity contribution in [2.24, 2.45) is 5.92 Å². The third-order valence-electron chi connectivity index (χ3n) is 3.87. The van der Waals surface area contributed by atoms with Crippen LogP contribution in [0, 0.1) is 5.92 Å². The van der Waals surface area contributed by atoms with Crippen LogP contribution in [0.5, 0.6) is 5.75 Å². The number of hydrogen-bond acceptors (Lipinski definition) is 4. The van der Waals surface area contributed by atoms with E-state index in [-0.39, 0.29) is 0 Å². The SMILES string of the molecule is COc1cncc(-c2ccc(CC(C)Cc3ncc(Br)s3)cc2)c1. The monoisotopic (exact) mass is 402 g/mol. The van der Waals surface area contributed by atoms with Gasteiger partial charge in [0, 0.05) is 18.2 Å². The molecule has 3 nitrogen and oxygen atoms in total. The number of benzene rings is 1. The summed E-state index contributed by atoms with van der Waals surface area (Å²) >= 11 is 5.19. The Morgan fingerprint density at radius 2 is 1.88 bits per heavy atom. The molecule has 24 heavy (non-hydrogen) atoms. The minimum absolute atomic E-state index is 0.562. The van der Waals surface area contributed by atoms with Crippen LogP contribution in [0.2, 0.25) is 0 Å². The van der Waals surface area contributed by atoms with Gasteiger partial charge in [-0.2, -0.15) is 0 Å².